The highest BCUT2D eigenvalue weighted by molar-refractivity contribution is 5.92. The minimum Gasteiger partial charge on any atom is -0.338 e. The fourth-order valence-corrected chi connectivity index (χ4v) is 2.77. The predicted molar refractivity (Wildman–Crippen MR) is 95.2 cm³/mol. The fourth-order valence-electron chi connectivity index (χ4n) is 2.77. The average Bonchev–Trinajstić information content (AvgIpc) is 2.85. The Morgan fingerprint density at radius 2 is 2.12 bits per heavy atom. The second-order valence-electron chi connectivity index (χ2n) is 5.75. The Bertz CT molecular complexity index is 884. The Labute approximate surface area is 140 Å². The molecule has 2 aromatic heterocycles. The summed E-state index contributed by atoms with van der Waals surface area (Å²) in [7, 11) is 0. The summed E-state index contributed by atoms with van der Waals surface area (Å²) in [6.45, 7) is 7.19. The van der Waals surface area contributed by atoms with Gasteiger partial charge in [-0.15, -0.1) is 0 Å². The molecule has 124 valence electrons. The number of nitrogens with one attached hydrogen (secondary N) is 2. The molecule has 3 aromatic rings. The summed E-state index contributed by atoms with van der Waals surface area (Å²) in [5.74, 6) is 1.53. The summed E-state index contributed by atoms with van der Waals surface area (Å²) in [5.41, 5.74) is 2.18. The minimum atomic E-state index is -0.245. The maximum Gasteiger partial charge on any atom is 0.320 e. The molecule has 1 aromatic carbocycles. The second-order valence-corrected chi connectivity index (χ2v) is 5.75. The second kappa shape index (κ2) is 6.70. The van der Waals surface area contributed by atoms with Gasteiger partial charge in [-0.1, -0.05) is 18.2 Å². The molecule has 0 saturated carbocycles. The number of hydrogen-bond acceptors (Lipinski definition) is 3. The van der Waals surface area contributed by atoms with E-state index in [2.05, 4.69) is 31.2 Å². The minimum absolute atomic E-state index is 0.245. The standard InChI is InChI=1S/C18H21N5O/c1-4-19-18(24)22-17-8-14-6-5-7-15(16(14)9-20-17)11-23-10-12(2)21-13(23)3/h5-10H,4,11H2,1-3H3,(H2,19,20,22,24). The summed E-state index contributed by atoms with van der Waals surface area (Å²) in [6.07, 6.45) is 3.86. The van der Waals surface area contributed by atoms with E-state index in [4.69, 9.17) is 0 Å². The van der Waals surface area contributed by atoms with Gasteiger partial charge in [0, 0.05) is 30.9 Å². The molecule has 0 radical (unpaired) electrons. The normalized spacial score (nSPS) is 10.8. The van der Waals surface area contributed by atoms with Crippen LogP contribution in [-0.2, 0) is 6.54 Å². The van der Waals surface area contributed by atoms with Crippen molar-refractivity contribution in [2.75, 3.05) is 11.9 Å². The molecule has 0 spiro atoms. The van der Waals surface area contributed by atoms with Crippen LogP contribution < -0.4 is 10.6 Å². The number of hydrogen-bond donors (Lipinski definition) is 2. The number of nitrogens with zero attached hydrogens (tertiary/aromatic N) is 3. The van der Waals surface area contributed by atoms with Crippen LogP contribution in [0.2, 0.25) is 0 Å². The Balaban J connectivity index is 1.90. The molecule has 24 heavy (non-hydrogen) atoms. The first-order valence-electron chi connectivity index (χ1n) is 7.99. The maximum absolute atomic E-state index is 11.6. The highest BCUT2D eigenvalue weighted by atomic mass is 16.2. The average molecular weight is 323 g/mol. The van der Waals surface area contributed by atoms with E-state index >= 15 is 0 Å². The molecule has 0 saturated heterocycles. The zero-order chi connectivity index (χ0) is 17.1. The lowest BCUT2D eigenvalue weighted by molar-refractivity contribution is 0.252. The molecule has 0 aliphatic rings. The molecule has 6 nitrogen and oxygen atoms in total. The number of carbonyl (C=O) groups excluding carboxylic acids is 1. The summed E-state index contributed by atoms with van der Waals surface area (Å²) in [6, 6.07) is 7.78. The first-order valence-corrected chi connectivity index (χ1v) is 7.99. The number of urea groups is 1. The van der Waals surface area contributed by atoms with Gasteiger partial charge in [0.25, 0.3) is 0 Å². The van der Waals surface area contributed by atoms with E-state index in [0.29, 0.717) is 12.4 Å². The molecule has 0 aliphatic heterocycles. The van der Waals surface area contributed by atoms with Gasteiger partial charge >= 0.3 is 6.03 Å². The number of rotatable bonds is 4. The van der Waals surface area contributed by atoms with Crippen LogP contribution in [-0.4, -0.2) is 27.1 Å². The third kappa shape index (κ3) is 3.37. The summed E-state index contributed by atoms with van der Waals surface area (Å²) in [4.78, 5) is 20.4. The summed E-state index contributed by atoms with van der Waals surface area (Å²) < 4.78 is 2.13. The largest absolute Gasteiger partial charge is 0.338 e. The first kappa shape index (κ1) is 16.0. The number of benzene rings is 1. The van der Waals surface area contributed by atoms with Gasteiger partial charge in [0.15, 0.2) is 0 Å². The van der Waals surface area contributed by atoms with Crippen molar-refractivity contribution < 1.29 is 4.79 Å². The van der Waals surface area contributed by atoms with E-state index in [1.54, 1.807) is 0 Å². The van der Waals surface area contributed by atoms with Gasteiger partial charge < -0.3 is 9.88 Å². The van der Waals surface area contributed by atoms with Gasteiger partial charge in [-0.25, -0.2) is 14.8 Å². The molecule has 0 aliphatic carbocycles. The third-order valence-electron chi connectivity index (χ3n) is 3.87. The molecule has 0 fully saturated rings. The molecular formula is C18H21N5O. The highest BCUT2D eigenvalue weighted by Crippen LogP contribution is 2.22. The monoisotopic (exact) mass is 323 g/mol. The molecule has 3 rings (SSSR count). The molecular weight excluding hydrogens is 302 g/mol. The lowest BCUT2D eigenvalue weighted by atomic mass is 10.1. The molecule has 0 bridgehead atoms. The van der Waals surface area contributed by atoms with Crippen LogP contribution in [0.15, 0.2) is 36.7 Å². The van der Waals surface area contributed by atoms with E-state index in [0.717, 1.165) is 28.8 Å². The number of aromatic nitrogens is 3. The van der Waals surface area contributed by atoms with Crippen molar-refractivity contribution in [2.24, 2.45) is 0 Å². The van der Waals surface area contributed by atoms with Crippen LogP contribution in [0.3, 0.4) is 0 Å². The van der Waals surface area contributed by atoms with Crippen molar-refractivity contribution >= 4 is 22.6 Å². The number of imidazole rings is 1. The van der Waals surface area contributed by atoms with Gasteiger partial charge in [0.05, 0.1) is 5.69 Å². The SMILES string of the molecule is CCNC(=O)Nc1cc2cccc(Cn3cc(C)nc3C)c2cn1. The van der Waals surface area contributed by atoms with E-state index in [9.17, 15) is 4.79 Å². The van der Waals surface area contributed by atoms with Crippen LogP contribution >= 0.6 is 0 Å². The zero-order valence-electron chi connectivity index (χ0n) is 14.1. The van der Waals surface area contributed by atoms with E-state index < -0.39 is 0 Å². The lowest BCUT2D eigenvalue weighted by Crippen LogP contribution is -2.28. The molecule has 0 unspecified atom stereocenters. The number of aryl methyl sites for hydroxylation is 2. The Hall–Kier alpha value is -2.89. The highest BCUT2D eigenvalue weighted by Gasteiger charge is 2.08. The van der Waals surface area contributed by atoms with Gasteiger partial charge in [0.2, 0.25) is 0 Å². The number of anilines is 1. The number of amides is 2. The third-order valence-corrected chi connectivity index (χ3v) is 3.87. The van der Waals surface area contributed by atoms with Crippen molar-refractivity contribution in [3.05, 3.63) is 53.7 Å². The lowest BCUT2D eigenvalue weighted by Gasteiger charge is -2.10. The quantitative estimate of drug-likeness (QED) is 0.774. The van der Waals surface area contributed by atoms with Crippen LogP contribution in [0, 0.1) is 13.8 Å². The molecule has 2 amide bonds. The summed E-state index contributed by atoms with van der Waals surface area (Å²) in [5, 5.41) is 7.55. The zero-order valence-corrected chi connectivity index (χ0v) is 14.1. The van der Waals surface area contributed by atoms with Crippen molar-refractivity contribution in [2.45, 2.75) is 27.3 Å². The van der Waals surface area contributed by atoms with E-state index in [1.807, 2.05) is 51.4 Å². The predicted octanol–water partition coefficient (Wildman–Crippen LogP) is 3.24. The van der Waals surface area contributed by atoms with Crippen LogP contribution in [0.4, 0.5) is 10.6 Å². The smallest absolute Gasteiger partial charge is 0.320 e. The van der Waals surface area contributed by atoms with Gasteiger partial charge in [-0.2, -0.15) is 0 Å². The van der Waals surface area contributed by atoms with Crippen molar-refractivity contribution in [3.8, 4) is 0 Å². The number of carbonyl (C=O) groups is 1. The summed E-state index contributed by atoms with van der Waals surface area (Å²) >= 11 is 0. The van der Waals surface area contributed by atoms with Crippen molar-refractivity contribution in [1.82, 2.24) is 19.9 Å². The van der Waals surface area contributed by atoms with Crippen LogP contribution in [0.25, 0.3) is 10.8 Å². The van der Waals surface area contributed by atoms with E-state index in [-0.39, 0.29) is 6.03 Å². The van der Waals surface area contributed by atoms with Crippen molar-refractivity contribution in [1.29, 1.82) is 0 Å². The number of pyridine rings is 1. The topological polar surface area (TPSA) is 71.8 Å². The maximum atomic E-state index is 11.6. The molecule has 6 heteroatoms. The van der Waals surface area contributed by atoms with Crippen LogP contribution in [0.1, 0.15) is 24.0 Å². The van der Waals surface area contributed by atoms with E-state index in [1.165, 1.54) is 5.56 Å². The Morgan fingerprint density at radius 1 is 1.29 bits per heavy atom. The van der Waals surface area contributed by atoms with Gasteiger partial charge in [0.1, 0.15) is 11.6 Å². The first-order chi connectivity index (χ1) is 11.6. The molecule has 0 atom stereocenters. The van der Waals surface area contributed by atoms with Crippen LogP contribution in [0.5, 0.6) is 0 Å². The fraction of sp³-hybridized carbons (Fsp3) is 0.278. The Morgan fingerprint density at radius 3 is 2.83 bits per heavy atom. The van der Waals surface area contributed by atoms with Crippen molar-refractivity contribution in [3.63, 3.8) is 0 Å². The molecule has 2 N–H and O–H groups in total. The van der Waals surface area contributed by atoms with Gasteiger partial charge in [-0.05, 0) is 37.8 Å². The Kier molecular flexibility index (Phi) is 4.46. The molecule has 2 heterocycles. The van der Waals surface area contributed by atoms with Gasteiger partial charge in [-0.3, -0.25) is 5.32 Å². The number of fused-ring (bicyclic) bond motifs is 1.